The first-order chi connectivity index (χ1) is 18.4. The normalized spacial score (nSPS) is 10.1. The zero-order valence-corrected chi connectivity index (χ0v) is 22.8. The second-order valence-electron chi connectivity index (χ2n) is 8.11. The number of carbonyl (C=O) groups is 3. The number of hydrogen-bond acceptors (Lipinski definition) is 8. The van der Waals surface area contributed by atoms with Crippen LogP contribution in [-0.2, 0) is 23.8 Å². The third-order valence-electron chi connectivity index (χ3n) is 5.07. The van der Waals surface area contributed by atoms with Gasteiger partial charge < -0.3 is 18.9 Å². The van der Waals surface area contributed by atoms with Crippen LogP contribution in [0.3, 0.4) is 0 Å². The van der Waals surface area contributed by atoms with Gasteiger partial charge in [0.05, 0.1) is 13.2 Å². The van der Waals surface area contributed by atoms with Crippen LogP contribution in [-0.4, -0.2) is 57.5 Å². The van der Waals surface area contributed by atoms with E-state index in [9.17, 15) is 14.4 Å². The van der Waals surface area contributed by atoms with Crippen LogP contribution in [0.2, 0.25) is 0 Å². The van der Waals surface area contributed by atoms with Gasteiger partial charge in [0, 0.05) is 23.1 Å². The highest BCUT2D eigenvalue weighted by molar-refractivity contribution is 7.98. The zero-order valence-electron chi connectivity index (χ0n) is 22.0. The predicted molar refractivity (Wildman–Crippen MR) is 148 cm³/mol. The predicted octanol–water partition coefficient (Wildman–Crippen LogP) is 5.53. The highest BCUT2D eigenvalue weighted by Gasteiger charge is 2.10. The molecule has 0 N–H and O–H groups in total. The minimum absolute atomic E-state index is 0.0789. The molecular weight excluding hydrogens is 504 g/mol. The Bertz CT molecular complexity index is 1130. The molecule has 0 unspecified atom stereocenters. The number of benzene rings is 3. The van der Waals surface area contributed by atoms with Gasteiger partial charge in [-0.05, 0) is 50.3 Å². The Morgan fingerprint density at radius 1 is 0.737 bits per heavy atom. The Morgan fingerprint density at radius 2 is 1.34 bits per heavy atom. The van der Waals surface area contributed by atoms with Gasteiger partial charge in [0.1, 0.15) is 12.4 Å². The van der Waals surface area contributed by atoms with Crippen LogP contribution in [0.25, 0.3) is 0 Å². The van der Waals surface area contributed by atoms with Crippen molar-refractivity contribution in [2.75, 3.05) is 39.8 Å². The lowest BCUT2D eigenvalue weighted by Crippen LogP contribution is -2.16. The fraction of sp³-hybridized carbons (Fsp3) is 0.300. The van der Waals surface area contributed by atoms with E-state index in [2.05, 4.69) is 42.2 Å². The molecule has 7 nitrogen and oxygen atoms in total. The molecular formula is C30H34O7S. The van der Waals surface area contributed by atoms with E-state index in [0.29, 0.717) is 29.7 Å². The number of aryl methyl sites for hydroxylation is 1. The Kier molecular flexibility index (Phi) is 14.3. The quantitative estimate of drug-likeness (QED) is 0.122. The van der Waals surface area contributed by atoms with Gasteiger partial charge in [-0.3, -0.25) is 4.79 Å². The minimum Gasteiger partial charge on any atom is -0.482 e. The van der Waals surface area contributed by atoms with Crippen molar-refractivity contribution in [1.29, 1.82) is 0 Å². The molecule has 3 aromatic rings. The van der Waals surface area contributed by atoms with Gasteiger partial charge in [0.25, 0.3) is 0 Å². The Hall–Kier alpha value is -3.62. The summed E-state index contributed by atoms with van der Waals surface area (Å²) in [6.07, 6.45) is 3.23. The van der Waals surface area contributed by atoms with Crippen LogP contribution >= 0.6 is 11.8 Å². The molecule has 0 radical (unpaired) electrons. The maximum Gasteiger partial charge on any atom is 0.344 e. The number of carbonyl (C=O) groups excluding carboxylic acids is 3. The molecule has 0 fully saturated rings. The molecule has 0 aliphatic heterocycles. The summed E-state index contributed by atoms with van der Waals surface area (Å²) in [5.74, 6) is -0.648. The second kappa shape index (κ2) is 17.8. The number of hydrogen-bond donors (Lipinski definition) is 0. The van der Waals surface area contributed by atoms with Gasteiger partial charge in [0.15, 0.2) is 12.4 Å². The largest absolute Gasteiger partial charge is 0.482 e. The van der Waals surface area contributed by atoms with Crippen LogP contribution in [0, 0.1) is 6.92 Å². The fourth-order valence-electron chi connectivity index (χ4n) is 3.08. The van der Waals surface area contributed by atoms with E-state index in [0.717, 1.165) is 0 Å². The van der Waals surface area contributed by atoms with E-state index in [1.165, 1.54) is 17.6 Å². The van der Waals surface area contributed by atoms with Crippen molar-refractivity contribution in [2.24, 2.45) is 0 Å². The highest BCUT2D eigenvalue weighted by Crippen LogP contribution is 2.17. The molecule has 0 saturated heterocycles. The van der Waals surface area contributed by atoms with E-state index in [1.54, 1.807) is 60.3 Å². The smallest absolute Gasteiger partial charge is 0.344 e. The average Bonchev–Trinajstić information content (AvgIpc) is 2.95. The number of methoxy groups -OCH3 is 1. The summed E-state index contributed by atoms with van der Waals surface area (Å²) >= 11 is 1.78. The fourth-order valence-corrected chi connectivity index (χ4v) is 3.49. The molecule has 3 rings (SSSR count). The summed E-state index contributed by atoms with van der Waals surface area (Å²) in [7, 11) is 1.42. The number of ketones is 1. The minimum atomic E-state index is -0.513. The standard InChI is InChI=1S/C22H24O7.C8H10S/c1-26-15-20(23)27-12-5-6-13-28-21(24)16-29-19-11-7-10-18(14-19)22(25)17-8-3-2-4-9-17;1-7-3-5-8(9-2)6-4-7/h2-4,7-11,14H,5-6,12-13,15-16H2,1H3;3-6H,1-2H3. The first-order valence-electron chi connectivity index (χ1n) is 12.2. The number of ether oxygens (including phenoxy) is 4. The van der Waals surface area contributed by atoms with Gasteiger partial charge in [0.2, 0.25) is 0 Å². The lowest BCUT2D eigenvalue weighted by molar-refractivity contribution is -0.149. The molecule has 0 aromatic heterocycles. The van der Waals surface area contributed by atoms with Crippen molar-refractivity contribution >= 4 is 29.5 Å². The van der Waals surface area contributed by atoms with Gasteiger partial charge in [-0.15, -0.1) is 11.8 Å². The van der Waals surface area contributed by atoms with Gasteiger partial charge in [-0.1, -0.05) is 60.2 Å². The summed E-state index contributed by atoms with van der Waals surface area (Å²) in [6.45, 7) is 2.22. The van der Waals surface area contributed by atoms with Gasteiger partial charge >= 0.3 is 11.9 Å². The van der Waals surface area contributed by atoms with Crippen molar-refractivity contribution in [3.8, 4) is 5.75 Å². The van der Waals surface area contributed by atoms with E-state index in [-0.39, 0.29) is 32.2 Å². The first-order valence-corrected chi connectivity index (χ1v) is 13.4. The molecule has 38 heavy (non-hydrogen) atoms. The average molecular weight is 539 g/mol. The maximum atomic E-state index is 12.5. The molecule has 202 valence electrons. The summed E-state index contributed by atoms with van der Waals surface area (Å²) in [5.41, 5.74) is 2.38. The van der Waals surface area contributed by atoms with E-state index in [4.69, 9.17) is 14.2 Å². The third-order valence-corrected chi connectivity index (χ3v) is 5.82. The van der Waals surface area contributed by atoms with Gasteiger partial charge in [-0.2, -0.15) is 0 Å². The van der Waals surface area contributed by atoms with E-state index >= 15 is 0 Å². The third kappa shape index (κ3) is 12.1. The molecule has 0 bridgehead atoms. The lowest BCUT2D eigenvalue weighted by atomic mass is 10.0. The summed E-state index contributed by atoms with van der Waals surface area (Å²) in [6, 6.07) is 24.1. The Balaban J connectivity index is 0.000000474. The molecule has 0 amide bonds. The SMILES string of the molecule is COCC(=O)OCCCCOC(=O)COc1cccc(C(=O)c2ccccc2)c1.CSc1ccc(C)cc1. The Morgan fingerprint density at radius 3 is 1.95 bits per heavy atom. The molecule has 0 saturated carbocycles. The van der Waals surface area contributed by atoms with Crippen LogP contribution in [0.4, 0.5) is 0 Å². The van der Waals surface area contributed by atoms with Crippen LogP contribution in [0.1, 0.15) is 34.3 Å². The van der Waals surface area contributed by atoms with Crippen molar-refractivity contribution in [1.82, 2.24) is 0 Å². The monoisotopic (exact) mass is 538 g/mol. The van der Waals surface area contributed by atoms with E-state index in [1.807, 2.05) is 6.07 Å². The summed E-state index contributed by atoms with van der Waals surface area (Å²) in [4.78, 5) is 36.6. The van der Waals surface area contributed by atoms with E-state index < -0.39 is 11.9 Å². The van der Waals surface area contributed by atoms with Crippen LogP contribution in [0.15, 0.2) is 83.8 Å². The highest BCUT2D eigenvalue weighted by atomic mass is 32.2. The maximum absolute atomic E-state index is 12.5. The molecule has 0 heterocycles. The van der Waals surface area contributed by atoms with Crippen molar-refractivity contribution in [3.63, 3.8) is 0 Å². The molecule has 0 atom stereocenters. The van der Waals surface area contributed by atoms with Crippen molar-refractivity contribution < 1.29 is 33.3 Å². The van der Waals surface area contributed by atoms with Gasteiger partial charge in [-0.25, -0.2) is 9.59 Å². The Labute approximate surface area is 228 Å². The van der Waals surface area contributed by atoms with Crippen molar-refractivity contribution in [3.05, 3.63) is 95.6 Å². The molecule has 0 aliphatic rings. The molecule has 0 aliphatic carbocycles. The molecule has 3 aromatic carbocycles. The number of thioether (sulfide) groups is 1. The zero-order chi connectivity index (χ0) is 27.6. The lowest BCUT2D eigenvalue weighted by Gasteiger charge is -2.08. The summed E-state index contributed by atoms with van der Waals surface area (Å²) < 4.78 is 20.0. The molecule has 0 spiro atoms. The van der Waals surface area contributed by atoms with Crippen LogP contribution < -0.4 is 4.74 Å². The van der Waals surface area contributed by atoms with Crippen molar-refractivity contribution in [2.45, 2.75) is 24.7 Å². The molecule has 8 heteroatoms. The second-order valence-corrected chi connectivity index (χ2v) is 8.99. The topological polar surface area (TPSA) is 88.1 Å². The number of esters is 2. The van der Waals surface area contributed by atoms with Crippen LogP contribution in [0.5, 0.6) is 5.75 Å². The summed E-state index contributed by atoms with van der Waals surface area (Å²) in [5, 5.41) is 0. The number of rotatable bonds is 13. The first kappa shape index (κ1) is 30.6. The number of unbranched alkanes of at least 4 members (excludes halogenated alkanes) is 1.